The van der Waals surface area contributed by atoms with Crippen molar-refractivity contribution in [3.8, 4) is 22.6 Å². The number of nitrogens with zero attached hydrogens (tertiary/aromatic N) is 1. The van der Waals surface area contributed by atoms with Crippen LogP contribution in [0.5, 0.6) is 11.5 Å². The van der Waals surface area contributed by atoms with Crippen LogP contribution in [0.1, 0.15) is 58.2 Å². The number of likely N-dealkylation sites (N-methyl/N-ethyl adjacent to an activating group) is 1. The Morgan fingerprint density at radius 2 is 1.62 bits per heavy atom. The second-order valence-electron chi connectivity index (χ2n) is 12.5. The predicted octanol–water partition coefficient (Wildman–Crippen LogP) is 1.40. The fourth-order valence-corrected chi connectivity index (χ4v) is 5.15. The van der Waals surface area contributed by atoms with E-state index >= 15 is 0 Å². The summed E-state index contributed by atoms with van der Waals surface area (Å²) in [5.74, 6) is -3.98. The van der Waals surface area contributed by atoms with Gasteiger partial charge in [0.25, 0.3) is 0 Å². The van der Waals surface area contributed by atoms with Gasteiger partial charge in [-0.15, -0.1) is 0 Å². The van der Waals surface area contributed by atoms with Crippen molar-refractivity contribution in [3.05, 3.63) is 47.5 Å². The van der Waals surface area contributed by atoms with Crippen molar-refractivity contribution < 1.29 is 48.5 Å². The standard InChI is InChI=1S/C33H43N5O10/c1-17-28(42)37-24(31(45)47-7)15-19-8-10-25(40)21(14-19)22-16-20(9-11-26(22)41)27(29(43)35-17)38(6)30(44)23(36-18(2)39)12-13-34-32(46)48-33(3,4)5/h8-11,14,16-17,23-24,27,40-41H,12-13,15H2,1-7H3,(H,34,46)(H,35,43)(H,36,39)(H,37,42)/t17-,23-,24-,27-/m0/s1. The molecule has 15 heteroatoms. The largest absolute Gasteiger partial charge is 0.507 e. The summed E-state index contributed by atoms with van der Waals surface area (Å²) >= 11 is 0. The summed E-state index contributed by atoms with van der Waals surface area (Å²) in [4.78, 5) is 79.0. The average Bonchev–Trinajstić information content (AvgIpc) is 2.99. The number of phenolic OH excluding ortho intramolecular Hbond substituents is 2. The number of carbonyl (C=O) groups excluding carboxylic acids is 6. The topological polar surface area (TPSA) is 213 Å². The maximum absolute atomic E-state index is 13.9. The summed E-state index contributed by atoms with van der Waals surface area (Å²) in [5, 5.41) is 31.9. The van der Waals surface area contributed by atoms with Crippen LogP contribution in [0, 0.1) is 0 Å². The first-order valence-electron chi connectivity index (χ1n) is 15.3. The summed E-state index contributed by atoms with van der Waals surface area (Å²) in [6.07, 6.45) is -0.813. The lowest BCUT2D eigenvalue weighted by Crippen LogP contribution is -2.55. The number of fused-ring (bicyclic) bond motifs is 5. The fraction of sp³-hybridized carbons (Fsp3) is 0.455. The molecule has 2 aromatic rings. The predicted molar refractivity (Wildman–Crippen MR) is 172 cm³/mol. The molecule has 1 heterocycles. The summed E-state index contributed by atoms with van der Waals surface area (Å²) in [7, 11) is 2.49. The first kappa shape index (κ1) is 37.1. The molecule has 0 aliphatic carbocycles. The van der Waals surface area contributed by atoms with Gasteiger partial charge in [-0.05, 0) is 69.5 Å². The quantitative estimate of drug-likeness (QED) is 0.233. The highest BCUT2D eigenvalue weighted by atomic mass is 16.6. The van der Waals surface area contributed by atoms with Gasteiger partial charge in [0.2, 0.25) is 23.6 Å². The Morgan fingerprint density at radius 3 is 2.23 bits per heavy atom. The SMILES string of the molecule is COC(=O)[C@@H]1Cc2ccc(O)c(c2)-c2cc(ccc2O)[C@H](N(C)C(=O)[C@H](CCNC(=O)OC(C)(C)C)NC(C)=O)C(=O)N[C@@H](C)C(=O)N1. The number of benzene rings is 2. The molecular formula is C33H43N5O10. The Balaban J connectivity index is 2.07. The molecule has 0 spiro atoms. The molecule has 0 saturated carbocycles. The van der Waals surface area contributed by atoms with Crippen LogP contribution >= 0.6 is 0 Å². The van der Waals surface area contributed by atoms with E-state index in [4.69, 9.17) is 9.47 Å². The van der Waals surface area contributed by atoms with E-state index in [1.807, 2.05) is 0 Å². The fourth-order valence-electron chi connectivity index (χ4n) is 5.15. The van der Waals surface area contributed by atoms with Gasteiger partial charge < -0.3 is 45.9 Å². The lowest BCUT2D eigenvalue weighted by Gasteiger charge is -2.32. The maximum Gasteiger partial charge on any atom is 0.407 e. The van der Waals surface area contributed by atoms with Crippen LogP contribution in [0.25, 0.3) is 11.1 Å². The molecule has 0 aromatic heterocycles. The van der Waals surface area contributed by atoms with Gasteiger partial charge in [0.05, 0.1) is 7.11 Å². The number of esters is 1. The van der Waals surface area contributed by atoms with Crippen LogP contribution in [-0.2, 0) is 39.9 Å². The maximum atomic E-state index is 13.9. The van der Waals surface area contributed by atoms with E-state index in [9.17, 15) is 39.0 Å². The van der Waals surface area contributed by atoms with Gasteiger partial charge in [-0.25, -0.2) is 9.59 Å². The first-order chi connectivity index (χ1) is 22.4. The molecule has 1 aliphatic rings. The van der Waals surface area contributed by atoms with Crippen molar-refractivity contribution in [3.63, 3.8) is 0 Å². The highest BCUT2D eigenvalue weighted by Gasteiger charge is 2.36. The van der Waals surface area contributed by atoms with Gasteiger partial charge >= 0.3 is 12.1 Å². The minimum atomic E-state index is -1.42. The molecule has 2 aromatic carbocycles. The van der Waals surface area contributed by atoms with E-state index in [2.05, 4.69) is 21.3 Å². The van der Waals surface area contributed by atoms with Gasteiger partial charge in [0.15, 0.2) is 0 Å². The van der Waals surface area contributed by atoms with E-state index in [1.165, 1.54) is 51.2 Å². The summed E-state index contributed by atoms with van der Waals surface area (Å²) in [6, 6.07) is 3.62. The number of hydrogen-bond acceptors (Lipinski definition) is 10. The van der Waals surface area contributed by atoms with Crippen molar-refractivity contribution in [2.24, 2.45) is 0 Å². The number of ether oxygens (including phenoxy) is 2. The average molecular weight is 670 g/mol. The highest BCUT2D eigenvalue weighted by molar-refractivity contribution is 5.96. The minimum Gasteiger partial charge on any atom is -0.507 e. The zero-order valence-electron chi connectivity index (χ0n) is 28.0. The number of alkyl carbamates (subject to hydrolysis) is 1. The number of rotatable bonds is 7. The molecule has 0 unspecified atom stereocenters. The van der Waals surface area contributed by atoms with Crippen LogP contribution < -0.4 is 21.3 Å². The Hall–Kier alpha value is -5.34. The number of hydrogen-bond donors (Lipinski definition) is 6. The second kappa shape index (κ2) is 15.5. The second-order valence-corrected chi connectivity index (χ2v) is 12.5. The minimum absolute atomic E-state index is 0.0278. The molecule has 3 rings (SSSR count). The van der Waals surface area contributed by atoms with Gasteiger partial charge in [-0.1, -0.05) is 12.1 Å². The number of amides is 5. The zero-order valence-corrected chi connectivity index (χ0v) is 28.0. The van der Waals surface area contributed by atoms with E-state index in [0.717, 1.165) is 12.0 Å². The van der Waals surface area contributed by atoms with E-state index in [1.54, 1.807) is 26.8 Å². The van der Waals surface area contributed by atoms with Crippen LogP contribution in [0.4, 0.5) is 4.79 Å². The van der Waals surface area contributed by atoms with E-state index < -0.39 is 65.5 Å². The monoisotopic (exact) mass is 669 g/mol. The van der Waals surface area contributed by atoms with Crippen molar-refractivity contribution in [1.29, 1.82) is 0 Å². The van der Waals surface area contributed by atoms with Gasteiger partial charge in [0.1, 0.15) is 41.3 Å². The molecular weight excluding hydrogens is 626 g/mol. The molecule has 15 nitrogen and oxygen atoms in total. The number of carbonyl (C=O) groups is 6. The Bertz CT molecular complexity index is 1570. The first-order valence-corrected chi connectivity index (χ1v) is 15.3. The smallest absolute Gasteiger partial charge is 0.407 e. The normalized spacial score (nSPS) is 18.6. The number of aromatic hydroxyl groups is 2. The third-order valence-corrected chi connectivity index (χ3v) is 7.44. The van der Waals surface area contributed by atoms with Crippen molar-refractivity contribution >= 4 is 35.7 Å². The molecule has 4 atom stereocenters. The van der Waals surface area contributed by atoms with Gasteiger partial charge in [0, 0.05) is 38.1 Å². The Labute approximate surface area is 278 Å². The molecule has 0 saturated heterocycles. The Morgan fingerprint density at radius 1 is 1.00 bits per heavy atom. The molecule has 0 fully saturated rings. The zero-order chi connectivity index (χ0) is 35.9. The summed E-state index contributed by atoms with van der Waals surface area (Å²) in [5.41, 5.74) is 0.232. The van der Waals surface area contributed by atoms with Crippen LogP contribution in [-0.4, -0.2) is 95.2 Å². The molecule has 4 bridgehead atoms. The Kier molecular flexibility index (Phi) is 12.0. The number of nitrogens with one attached hydrogen (secondary N) is 4. The summed E-state index contributed by atoms with van der Waals surface area (Å²) in [6.45, 7) is 7.62. The number of phenols is 2. The van der Waals surface area contributed by atoms with Gasteiger partial charge in [-0.2, -0.15) is 0 Å². The van der Waals surface area contributed by atoms with E-state index in [-0.39, 0.29) is 47.6 Å². The highest BCUT2D eigenvalue weighted by Crippen LogP contribution is 2.38. The van der Waals surface area contributed by atoms with E-state index in [0.29, 0.717) is 5.56 Å². The molecule has 1 aliphatic heterocycles. The van der Waals surface area contributed by atoms with Crippen molar-refractivity contribution in [1.82, 2.24) is 26.2 Å². The third kappa shape index (κ3) is 9.59. The molecule has 6 N–H and O–H groups in total. The van der Waals surface area contributed by atoms with Gasteiger partial charge in [-0.3, -0.25) is 19.2 Å². The number of methoxy groups -OCH3 is 1. The lowest BCUT2D eigenvalue weighted by molar-refractivity contribution is -0.145. The molecule has 48 heavy (non-hydrogen) atoms. The van der Waals surface area contributed by atoms with Crippen LogP contribution in [0.3, 0.4) is 0 Å². The van der Waals surface area contributed by atoms with Crippen LogP contribution in [0.2, 0.25) is 0 Å². The van der Waals surface area contributed by atoms with Crippen molar-refractivity contribution in [2.75, 3.05) is 20.7 Å². The molecule has 0 radical (unpaired) electrons. The molecule has 5 amide bonds. The molecule has 260 valence electrons. The lowest BCUT2D eigenvalue weighted by atomic mass is 9.93. The van der Waals surface area contributed by atoms with Crippen molar-refractivity contribution in [2.45, 2.75) is 77.2 Å². The summed E-state index contributed by atoms with van der Waals surface area (Å²) < 4.78 is 10.1. The van der Waals surface area contributed by atoms with Crippen LogP contribution in [0.15, 0.2) is 36.4 Å². The third-order valence-electron chi connectivity index (χ3n) is 7.44.